The molecule has 1 aromatic carbocycles. The number of amides is 1. The maximum Gasteiger partial charge on any atom is 0.234 e. The molecule has 1 amide bonds. The molecule has 1 N–H and O–H groups in total. The van der Waals surface area contributed by atoms with Gasteiger partial charge in [0.25, 0.3) is 0 Å². The summed E-state index contributed by atoms with van der Waals surface area (Å²) in [4.78, 5) is 18.8. The van der Waals surface area contributed by atoms with Crippen molar-refractivity contribution in [2.75, 3.05) is 45.0 Å². The molecular formula is C22H32N4O3S. The van der Waals surface area contributed by atoms with Crippen LogP contribution >= 0.6 is 0 Å². The van der Waals surface area contributed by atoms with Gasteiger partial charge in [0.15, 0.2) is 0 Å². The van der Waals surface area contributed by atoms with Gasteiger partial charge in [-0.05, 0) is 24.5 Å². The van der Waals surface area contributed by atoms with Crippen LogP contribution in [0.3, 0.4) is 0 Å². The molecule has 0 bridgehead atoms. The number of unbranched alkanes of at least 4 members (excludes halogenated alkanes) is 2. The van der Waals surface area contributed by atoms with E-state index < -0.39 is 10.0 Å². The van der Waals surface area contributed by atoms with E-state index in [9.17, 15) is 13.2 Å². The summed E-state index contributed by atoms with van der Waals surface area (Å²) >= 11 is 0. The van der Waals surface area contributed by atoms with Gasteiger partial charge in [-0.15, -0.1) is 0 Å². The number of carbonyl (C=O) groups excluding carboxylic acids is 1. The molecule has 0 saturated carbocycles. The van der Waals surface area contributed by atoms with Crippen LogP contribution in [0.5, 0.6) is 0 Å². The average Bonchev–Trinajstić information content (AvgIpc) is 2.74. The number of nitrogens with one attached hydrogen (secondary N) is 1. The smallest absolute Gasteiger partial charge is 0.234 e. The number of pyridine rings is 1. The van der Waals surface area contributed by atoms with Gasteiger partial charge in [0.2, 0.25) is 15.9 Å². The van der Waals surface area contributed by atoms with Crippen molar-refractivity contribution in [1.29, 1.82) is 0 Å². The van der Waals surface area contributed by atoms with E-state index in [1.807, 2.05) is 35.2 Å². The van der Waals surface area contributed by atoms with Gasteiger partial charge in [0.1, 0.15) is 0 Å². The standard InChI is InChI=1S/C22H32N4O3S/c1-2-3-4-17-30(28,29)26-15-13-25(14-16-26)18-21(27)23-12-10-20-8-5-7-19-9-6-11-24-22(19)20/h5-9,11H,2-4,10,12-18H2,1H3,(H,23,27). The number of carbonyl (C=O) groups is 1. The summed E-state index contributed by atoms with van der Waals surface area (Å²) in [7, 11) is -3.17. The molecule has 2 heterocycles. The molecule has 1 fully saturated rings. The number of rotatable bonds is 10. The topological polar surface area (TPSA) is 82.6 Å². The number of fused-ring (bicyclic) bond motifs is 1. The highest BCUT2D eigenvalue weighted by Crippen LogP contribution is 2.16. The Labute approximate surface area is 179 Å². The third kappa shape index (κ3) is 6.23. The van der Waals surface area contributed by atoms with Crippen molar-refractivity contribution in [1.82, 2.24) is 19.5 Å². The highest BCUT2D eigenvalue weighted by molar-refractivity contribution is 7.89. The van der Waals surface area contributed by atoms with E-state index in [4.69, 9.17) is 0 Å². The quantitative estimate of drug-likeness (QED) is 0.581. The van der Waals surface area contributed by atoms with E-state index in [2.05, 4.69) is 17.2 Å². The second-order valence-electron chi connectivity index (χ2n) is 7.79. The minimum Gasteiger partial charge on any atom is -0.355 e. The number of aromatic nitrogens is 1. The molecule has 1 saturated heterocycles. The third-order valence-corrected chi connectivity index (χ3v) is 7.49. The largest absolute Gasteiger partial charge is 0.355 e. The Morgan fingerprint density at radius 2 is 1.87 bits per heavy atom. The summed E-state index contributed by atoms with van der Waals surface area (Å²) in [5.41, 5.74) is 2.10. The van der Waals surface area contributed by atoms with Crippen LogP contribution in [0.4, 0.5) is 0 Å². The van der Waals surface area contributed by atoms with Gasteiger partial charge in [-0.1, -0.05) is 44.0 Å². The van der Waals surface area contributed by atoms with E-state index in [1.54, 1.807) is 10.5 Å². The summed E-state index contributed by atoms with van der Waals surface area (Å²) in [6.45, 7) is 5.03. The summed E-state index contributed by atoms with van der Waals surface area (Å²) in [5, 5.41) is 4.08. The molecule has 1 aliphatic heterocycles. The van der Waals surface area contributed by atoms with Gasteiger partial charge in [0, 0.05) is 44.3 Å². The third-order valence-electron chi connectivity index (χ3n) is 5.53. The second-order valence-corrected chi connectivity index (χ2v) is 9.88. The van der Waals surface area contributed by atoms with Crippen molar-refractivity contribution in [2.24, 2.45) is 0 Å². The molecule has 164 valence electrons. The van der Waals surface area contributed by atoms with Crippen molar-refractivity contribution in [3.8, 4) is 0 Å². The fourth-order valence-electron chi connectivity index (χ4n) is 3.79. The zero-order valence-electron chi connectivity index (χ0n) is 17.7. The second kappa shape index (κ2) is 10.8. The van der Waals surface area contributed by atoms with Gasteiger partial charge < -0.3 is 5.32 Å². The summed E-state index contributed by atoms with van der Waals surface area (Å²) in [6.07, 6.45) is 5.18. The first kappa shape index (κ1) is 22.7. The molecule has 0 atom stereocenters. The predicted molar refractivity (Wildman–Crippen MR) is 120 cm³/mol. The molecule has 2 aromatic rings. The summed E-state index contributed by atoms with van der Waals surface area (Å²) < 4.78 is 26.3. The van der Waals surface area contributed by atoms with Gasteiger partial charge in [0.05, 0.1) is 17.8 Å². The Kier molecular flexibility index (Phi) is 8.18. The Morgan fingerprint density at radius 1 is 1.10 bits per heavy atom. The number of piperazine rings is 1. The maximum absolute atomic E-state index is 12.4. The number of hydrogen-bond acceptors (Lipinski definition) is 5. The van der Waals surface area contributed by atoms with E-state index in [1.165, 1.54) is 0 Å². The fourth-order valence-corrected chi connectivity index (χ4v) is 5.34. The average molecular weight is 433 g/mol. The van der Waals surface area contributed by atoms with Crippen molar-refractivity contribution in [3.63, 3.8) is 0 Å². The van der Waals surface area contributed by atoms with E-state index in [0.717, 1.165) is 35.7 Å². The number of benzene rings is 1. The number of hydrogen-bond donors (Lipinski definition) is 1. The fraction of sp³-hybridized carbons (Fsp3) is 0.545. The zero-order chi connectivity index (χ0) is 21.4. The van der Waals surface area contributed by atoms with E-state index in [-0.39, 0.29) is 11.7 Å². The molecule has 0 unspecified atom stereocenters. The highest BCUT2D eigenvalue weighted by atomic mass is 32.2. The minimum atomic E-state index is -3.17. The summed E-state index contributed by atoms with van der Waals surface area (Å²) in [5.74, 6) is 0.201. The molecular weight excluding hydrogens is 400 g/mol. The van der Waals surface area contributed by atoms with Crippen LogP contribution in [-0.4, -0.2) is 73.5 Å². The van der Waals surface area contributed by atoms with Crippen LogP contribution < -0.4 is 5.32 Å². The molecule has 1 aromatic heterocycles. The number of sulfonamides is 1. The summed E-state index contributed by atoms with van der Waals surface area (Å²) in [6, 6.07) is 10.0. The van der Waals surface area contributed by atoms with Crippen LogP contribution in [-0.2, 0) is 21.2 Å². The first-order chi connectivity index (χ1) is 14.5. The Morgan fingerprint density at radius 3 is 2.63 bits per heavy atom. The molecule has 30 heavy (non-hydrogen) atoms. The van der Waals surface area contributed by atoms with Gasteiger partial charge >= 0.3 is 0 Å². The number of para-hydroxylation sites is 1. The predicted octanol–water partition coefficient (Wildman–Crippen LogP) is 2.03. The lowest BCUT2D eigenvalue weighted by molar-refractivity contribution is -0.122. The molecule has 0 spiro atoms. The van der Waals surface area contributed by atoms with Crippen LogP contribution in [0, 0.1) is 0 Å². The van der Waals surface area contributed by atoms with Crippen molar-refractivity contribution in [2.45, 2.75) is 32.6 Å². The molecule has 1 aliphatic rings. The lowest BCUT2D eigenvalue weighted by atomic mass is 10.1. The van der Waals surface area contributed by atoms with Gasteiger partial charge in [-0.2, -0.15) is 4.31 Å². The minimum absolute atomic E-state index is 0.0255. The lowest BCUT2D eigenvalue weighted by Crippen LogP contribution is -2.51. The van der Waals surface area contributed by atoms with Crippen LogP contribution in [0.2, 0.25) is 0 Å². The Hall–Kier alpha value is -2.03. The Bertz CT molecular complexity index is 935. The molecule has 7 nitrogen and oxygen atoms in total. The number of nitrogens with zero attached hydrogens (tertiary/aromatic N) is 3. The van der Waals surface area contributed by atoms with Crippen molar-refractivity contribution >= 4 is 26.8 Å². The van der Waals surface area contributed by atoms with Gasteiger partial charge in [-0.3, -0.25) is 14.7 Å². The normalized spacial score (nSPS) is 16.0. The van der Waals surface area contributed by atoms with Crippen molar-refractivity contribution < 1.29 is 13.2 Å². The maximum atomic E-state index is 12.4. The molecule has 0 radical (unpaired) electrons. The zero-order valence-corrected chi connectivity index (χ0v) is 18.5. The monoisotopic (exact) mass is 432 g/mol. The molecule has 3 rings (SSSR count). The first-order valence-corrected chi connectivity index (χ1v) is 12.4. The lowest BCUT2D eigenvalue weighted by Gasteiger charge is -2.33. The van der Waals surface area contributed by atoms with Crippen LogP contribution in [0.25, 0.3) is 10.9 Å². The van der Waals surface area contributed by atoms with E-state index >= 15 is 0 Å². The first-order valence-electron chi connectivity index (χ1n) is 10.8. The SMILES string of the molecule is CCCCCS(=O)(=O)N1CCN(CC(=O)NCCc2cccc3cccnc23)CC1. The van der Waals surface area contributed by atoms with Crippen LogP contribution in [0.15, 0.2) is 36.5 Å². The molecule has 8 heteroatoms. The van der Waals surface area contributed by atoms with Crippen LogP contribution in [0.1, 0.15) is 31.7 Å². The molecule has 0 aliphatic carbocycles. The van der Waals surface area contributed by atoms with E-state index in [0.29, 0.717) is 45.7 Å². The highest BCUT2D eigenvalue weighted by Gasteiger charge is 2.27. The van der Waals surface area contributed by atoms with Gasteiger partial charge in [-0.25, -0.2) is 8.42 Å². The van der Waals surface area contributed by atoms with Crippen molar-refractivity contribution in [3.05, 3.63) is 42.1 Å². The Balaban J connectivity index is 1.40.